The highest BCUT2D eigenvalue weighted by Crippen LogP contribution is 2.35. The van der Waals surface area contributed by atoms with Crippen molar-refractivity contribution in [3.05, 3.63) is 0 Å². The van der Waals surface area contributed by atoms with E-state index in [1.807, 2.05) is 0 Å². The van der Waals surface area contributed by atoms with E-state index < -0.39 is 0 Å². The van der Waals surface area contributed by atoms with Crippen LogP contribution in [-0.4, -0.2) is 18.1 Å². The van der Waals surface area contributed by atoms with Crippen molar-refractivity contribution in [2.45, 2.75) is 50.6 Å². The summed E-state index contributed by atoms with van der Waals surface area (Å²) in [5, 5.41) is 3.58. The van der Waals surface area contributed by atoms with E-state index in [0.717, 1.165) is 18.5 Å². The van der Waals surface area contributed by atoms with Gasteiger partial charge in [0.15, 0.2) is 0 Å². The number of hydrogen-bond donors (Lipinski definition) is 2. The summed E-state index contributed by atoms with van der Waals surface area (Å²) in [6.07, 6.45) is 6.49. The molecule has 2 nitrogen and oxygen atoms in total. The standard InChI is InChI=1S/C10H20N2/c1-2-8-6-9(8)12-7-10(11)4-3-5-10/h8-9,12H,2-7,11H2,1H3. The molecule has 0 bridgehead atoms. The summed E-state index contributed by atoms with van der Waals surface area (Å²) in [6, 6.07) is 0.802. The zero-order chi connectivity index (χ0) is 8.60. The molecule has 0 aromatic rings. The van der Waals surface area contributed by atoms with Gasteiger partial charge in [0, 0.05) is 18.1 Å². The second-order valence-electron chi connectivity index (χ2n) is 4.61. The predicted octanol–water partition coefficient (Wildman–Crippen LogP) is 1.26. The van der Waals surface area contributed by atoms with Gasteiger partial charge in [-0.15, -0.1) is 0 Å². The minimum absolute atomic E-state index is 0.168. The lowest BCUT2D eigenvalue weighted by molar-refractivity contribution is 0.237. The van der Waals surface area contributed by atoms with E-state index in [1.54, 1.807) is 0 Å². The summed E-state index contributed by atoms with van der Waals surface area (Å²) in [5.41, 5.74) is 6.27. The average molecular weight is 168 g/mol. The van der Waals surface area contributed by atoms with Gasteiger partial charge in [0.2, 0.25) is 0 Å². The molecule has 12 heavy (non-hydrogen) atoms. The lowest BCUT2D eigenvalue weighted by Crippen LogP contribution is -2.54. The van der Waals surface area contributed by atoms with Crippen LogP contribution in [0.1, 0.15) is 39.0 Å². The van der Waals surface area contributed by atoms with E-state index in [0.29, 0.717) is 0 Å². The first-order valence-corrected chi connectivity index (χ1v) is 5.26. The highest BCUT2D eigenvalue weighted by Gasteiger charge is 2.38. The lowest BCUT2D eigenvalue weighted by atomic mass is 9.78. The first-order chi connectivity index (χ1) is 5.73. The van der Waals surface area contributed by atoms with Crippen molar-refractivity contribution >= 4 is 0 Å². The van der Waals surface area contributed by atoms with Gasteiger partial charge in [0.25, 0.3) is 0 Å². The molecule has 0 amide bonds. The van der Waals surface area contributed by atoms with Gasteiger partial charge in [-0.05, 0) is 31.6 Å². The molecule has 2 saturated carbocycles. The van der Waals surface area contributed by atoms with E-state index in [-0.39, 0.29) is 5.54 Å². The van der Waals surface area contributed by atoms with Crippen LogP contribution in [0.5, 0.6) is 0 Å². The molecule has 0 aromatic heterocycles. The smallest absolute Gasteiger partial charge is 0.0280 e. The highest BCUT2D eigenvalue weighted by atomic mass is 15.0. The van der Waals surface area contributed by atoms with Gasteiger partial charge in [0.1, 0.15) is 0 Å². The van der Waals surface area contributed by atoms with Crippen molar-refractivity contribution in [3.8, 4) is 0 Å². The first-order valence-electron chi connectivity index (χ1n) is 5.26. The number of nitrogens with one attached hydrogen (secondary N) is 1. The summed E-state index contributed by atoms with van der Waals surface area (Å²) >= 11 is 0. The van der Waals surface area contributed by atoms with Crippen LogP contribution in [0.4, 0.5) is 0 Å². The second kappa shape index (κ2) is 3.00. The Bertz CT molecular complexity index is 163. The molecule has 3 N–H and O–H groups in total. The molecule has 0 spiro atoms. The molecule has 0 saturated heterocycles. The third-order valence-electron chi connectivity index (χ3n) is 3.51. The van der Waals surface area contributed by atoms with Gasteiger partial charge in [-0.2, -0.15) is 0 Å². The Hall–Kier alpha value is -0.0800. The molecule has 2 atom stereocenters. The molecule has 2 fully saturated rings. The van der Waals surface area contributed by atoms with Gasteiger partial charge >= 0.3 is 0 Å². The number of nitrogens with two attached hydrogens (primary N) is 1. The molecule has 2 unspecified atom stereocenters. The summed E-state index contributed by atoms with van der Waals surface area (Å²) in [4.78, 5) is 0. The fourth-order valence-electron chi connectivity index (χ4n) is 2.09. The van der Waals surface area contributed by atoms with Crippen molar-refractivity contribution in [1.29, 1.82) is 0 Å². The Morgan fingerprint density at radius 1 is 1.50 bits per heavy atom. The molecule has 0 radical (unpaired) electrons. The summed E-state index contributed by atoms with van der Waals surface area (Å²) in [5.74, 6) is 0.952. The van der Waals surface area contributed by atoms with E-state index in [1.165, 1.54) is 32.1 Å². The van der Waals surface area contributed by atoms with Crippen LogP contribution >= 0.6 is 0 Å². The minimum atomic E-state index is 0.168. The molecule has 2 rings (SSSR count). The molecule has 0 aromatic carbocycles. The molecule has 2 aliphatic carbocycles. The molecule has 70 valence electrons. The lowest BCUT2D eigenvalue weighted by Gasteiger charge is -2.38. The van der Waals surface area contributed by atoms with E-state index in [2.05, 4.69) is 12.2 Å². The quantitative estimate of drug-likeness (QED) is 0.663. The van der Waals surface area contributed by atoms with Gasteiger partial charge in [-0.3, -0.25) is 0 Å². The van der Waals surface area contributed by atoms with Crippen LogP contribution in [0, 0.1) is 5.92 Å². The van der Waals surface area contributed by atoms with E-state index in [4.69, 9.17) is 5.73 Å². The molecular weight excluding hydrogens is 148 g/mol. The first kappa shape index (κ1) is 8.52. The van der Waals surface area contributed by atoms with Crippen molar-refractivity contribution < 1.29 is 0 Å². The Kier molecular flexibility index (Phi) is 2.13. The zero-order valence-electron chi connectivity index (χ0n) is 7.97. The molecule has 2 aliphatic rings. The van der Waals surface area contributed by atoms with Crippen LogP contribution in [0.25, 0.3) is 0 Å². The predicted molar refractivity (Wildman–Crippen MR) is 51.0 cm³/mol. The van der Waals surface area contributed by atoms with Crippen molar-refractivity contribution in [2.24, 2.45) is 11.7 Å². The monoisotopic (exact) mass is 168 g/mol. The summed E-state index contributed by atoms with van der Waals surface area (Å²) in [6.45, 7) is 3.32. The second-order valence-corrected chi connectivity index (χ2v) is 4.61. The topological polar surface area (TPSA) is 38.0 Å². The molecule has 0 aliphatic heterocycles. The summed E-state index contributed by atoms with van der Waals surface area (Å²) < 4.78 is 0. The zero-order valence-corrected chi connectivity index (χ0v) is 7.97. The third kappa shape index (κ3) is 1.64. The Morgan fingerprint density at radius 2 is 2.25 bits per heavy atom. The fourth-order valence-corrected chi connectivity index (χ4v) is 2.09. The highest BCUT2D eigenvalue weighted by molar-refractivity contribution is 4.99. The van der Waals surface area contributed by atoms with E-state index in [9.17, 15) is 0 Å². The van der Waals surface area contributed by atoms with Gasteiger partial charge in [-0.25, -0.2) is 0 Å². The van der Waals surface area contributed by atoms with Crippen LogP contribution in [0.3, 0.4) is 0 Å². The number of rotatable bonds is 4. The van der Waals surface area contributed by atoms with Crippen LogP contribution < -0.4 is 11.1 Å². The fraction of sp³-hybridized carbons (Fsp3) is 1.00. The van der Waals surface area contributed by atoms with Crippen molar-refractivity contribution in [2.75, 3.05) is 6.54 Å². The molecular formula is C10H20N2. The third-order valence-corrected chi connectivity index (χ3v) is 3.51. The maximum Gasteiger partial charge on any atom is 0.0280 e. The Morgan fingerprint density at radius 3 is 2.67 bits per heavy atom. The van der Waals surface area contributed by atoms with Crippen molar-refractivity contribution in [3.63, 3.8) is 0 Å². The van der Waals surface area contributed by atoms with Gasteiger partial charge < -0.3 is 11.1 Å². The van der Waals surface area contributed by atoms with Crippen LogP contribution in [0.2, 0.25) is 0 Å². The maximum atomic E-state index is 6.10. The molecule has 0 heterocycles. The normalized spacial score (nSPS) is 37.5. The largest absolute Gasteiger partial charge is 0.324 e. The SMILES string of the molecule is CCC1CC1NCC1(N)CCC1. The van der Waals surface area contributed by atoms with Crippen LogP contribution in [0.15, 0.2) is 0 Å². The Balaban J connectivity index is 1.63. The Labute approximate surface area is 74.9 Å². The van der Waals surface area contributed by atoms with Crippen molar-refractivity contribution in [1.82, 2.24) is 5.32 Å². The van der Waals surface area contributed by atoms with E-state index >= 15 is 0 Å². The van der Waals surface area contributed by atoms with Crippen LogP contribution in [-0.2, 0) is 0 Å². The van der Waals surface area contributed by atoms with Gasteiger partial charge in [0.05, 0.1) is 0 Å². The minimum Gasteiger partial charge on any atom is -0.324 e. The summed E-state index contributed by atoms with van der Waals surface area (Å²) in [7, 11) is 0. The van der Waals surface area contributed by atoms with Gasteiger partial charge in [-0.1, -0.05) is 13.3 Å². The average Bonchev–Trinajstić information content (AvgIpc) is 2.76. The molecule has 2 heteroatoms. The maximum absolute atomic E-state index is 6.10. The number of hydrogen-bond acceptors (Lipinski definition) is 2.